The highest BCUT2D eigenvalue weighted by Crippen LogP contribution is 2.53. The van der Waals surface area contributed by atoms with Crippen molar-refractivity contribution in [3.05, 3.63) is 146 Å². The molecule has 0 bridgehead atoms. The molecule has 0 aliphatic carbocycles. The van der Waals surface area contributed by atoms with Crippen LogP contribution >= 0.6 is 0 Å². The number of carbonyl (C=O) groups is 2. The third kappa shape index (κ3) is 3.51. The van der Waals surface area contributed by atoms with Gasteiger partial charge in [0.2, 0.25) is 5.76 Å². The molecule has 202 valence electrons. The van der Waals surface area contributed by atoms with Crippen molar-refractivity contribution in [3.8, 4) is 0 Å². The van der Waals surface area contributed by atoms with E-state index in [2.05, 4.69) is 0 Å². The van der Waals surface area contributed by atoms with Crippen LogP contribution in [0.5, 0.6) is 0 Å². The Labute approximate surface area is 235 Å². The lowest BCUT2D eigenvalue weighted by Crippen LogP contribution is -2.53. The Hall–Kier alpha value is -5.04. The van der Waals surface area contributed by atoms with Crippen LogP contribution in [-0.2, 0) is 23.4 Å². The standard InChI is InChI=1S/C34H25FN2O4/c1-20-11-13-22(14-12-20)18-37-32(39)31-29(30(38)25-17-24(35)15-16-28(25)41-31)34(37)26-9-5-6-10-27(26)36(33(34)40)19-23-8-4-3-7-21(23)2/h3-17H,18-19H2,1-2H3. The predicted molar refractivity (Wildman–Crippen MR) is 153 cm³/mol. The first kappa shape index (κ1) is 25.0. The zero-order valence-corrected chi connectivity index (χ0v) is 22.5. The van der Waals surface area contributed by atoms with E-state index >= 15 is 0 Å². The van der Waals surface area contributed by atoms with Crippen LogP contribution in [0.2, 0.25) is 0 Å². The molecule has 5 aromatic rings. The van der Waals surface area contributed by atoms with E-state index < -0.39 is 28.6 Å². The van der Waals surface area contributed by atoms with Crippen molar-refractivity contribution in [3.63, 3.8) is 0 Å². The van der Waals surface area contributed by atoms with Gasteiger partial charge in [-0.05, 0) is 54.8 Å². The van der Waals surface area contributed by atoms with E-state index in [0.717, 1.165) is 28.3 Å². The van der Waals surface area contributed by atoms with Gasteiger partial charge in [0.25, 0.3) is 11.8 Å². The summed E-state index contributed by atoms with van der Waals surface area (Å²) in [6.45, 7) is 4.26. The van der Waals surface area contributed by atoms with Crippen molar-refractivity contribution in [2.45, 2.75) is 32.5 Å². The quantitative estimate of drug-likeness (QED) is 0.279. The van der Waals surface area contributed by atoms with Crippen LogP contribution in [0.15, 0.2) is 100 Å². The normalized spacial score (nSPS) is 17.5. The molecule has 1 atom stereocenters. The maximum absolute atomic E-state index is 14.9. The summed E-state index contributed by atoms with van der Waals surface area (Å²) in [7, 11) is 0. The summed E-state index contributed by atoms with van der Waals surface area (Å²) in [5.41, 5.74) is 2.56. The van der Waals surface area contributed by atoms with Gasteiger partial charge >= 0.3 is 0 Å². The average Bonchev–Trinajstić information content (AvgIpc) is 3.36. The minimum Gasteiger partial charge on any atom is -0.450 e. The number of carbonyl (C=O) groups excluding carboxylic acids is 2. The molecule has 0 radical (unpaired) electrons. The van der Waals surface area contributed by atoms with Gasteiger partial charge in [-0.2, -0.15) is 0 Å². The summed E-state index contributed by atoms with van der Waals surface area (Å²) in [4.78, 5) is 46.4. The molecular weight excluding hydrogens is 519 g/mol. The van der Waals surface area contributed by atoms with Crippen molar-refractivity contribution in [1.82, 2.24) is 4.90 Å². The smallest absolute Gasteiger partial charge is 0.291 e. The Morgan fingerprint density at radius 2 is 1.56 bits per heavy atom. The predicted octanol–water partition coefficient (Wildman–Crippen LogP) is 6.00. The molecule has 1 spiro atoms. The van der Waals surface area contributed by atoms with Crippen LogP contribution in [0.3, 0.4) is 0 Å². The Morgan fingerprint density at radius 3 is 2.34 bits per heavy atom. The third-order valence-corrected chi connectivity index (χ3v) is 8.25. The number of nitrogens with zero attached hydrogens (tertiary/aromatic N) is 2. The van der Waals surface area contributed by atoms with Crippen molar-refractivity contribution < 1.29 is 18.4 Å². The third-order valence-electron chi connectivity index (χ3n) is 8.25. The fourth-order valence-electron chi connectivity index (χ4n) is 6.18. The van der Waals surface area contributed by atoms with Crippen molar-refractivity contribution in [2.24, 2.45) is 0 Å². The number of fused-ring (bicyclic) bond motifs is 5. The second-order valence-electron chi connectivity index (χ2n) is 10.7. The molecule has 7 rings (SSSR count). The molecule has 0 saturated carbocycles. The summed E-state index contributed by atoms with van der Waals surface area (Å²) < 4.78 is 20.4. The van der Waals surface area contributed by atoms with E-state index in [1.165, 1.54) is 17.0 Å². The minimum atomic E-state index is -1.78. The van der Waals surface area contributed by atoms with E-state index in [4.69, 9.17) is 4.42 Å². The highest BCUT2D eigenvalue weighted by molar-refractivity contribution is 6.17. The van der Waals surface area contributed by atoms with Gasteiger partial charge in [-0.15, -0.1) is 0 Å². The van der Waals surface area contributed by atoms with Gasteiger partial charge in [0.05, 0.1) is 23.2 Å². The van der Waals surface area contributed by atoms with Crippen LogP contribution in [0.1, 0.15) is 43.9 Å². The molecule has 2 amide bonds. The molecule has 4 aromatic carbocycles. The first-order valence-corrected chi connectivity index (χ1v) is 13.4. The van der Waals surface area contributed by atoms with Gasteiger partial charge in [0, 0.05) is 12.1 Å². The molecule has 2 aliphatic rings. The molecule has 0 N–H and O–H groups in total. The molecule has 7 heteroatoms. The first-order chi connectivity index (χ1) is 19.8. The van der Waals surface area contributed by atoms with Crippen molar-refractivity contribution in [2.75, 3.05) is 4.90 Å². The molecule has 41 heavy (non-hydrogen) atoms. The number of aryl methyl sites for hydroxylation is 2. The maximum atomic E-state index is 14.9. The molecule has 0 saturated heterocycles. The lowest BCUT2D eigenvalue weighted by molar-refractivity contribution is -0.126. The SMILES string of the molecule is Cc1ccc(CN2C(=O)c3oc4ccc(F)cc4c(=O)c3C23C(=O)N(Cc2ccccc2C)c2ccccc23)cc1. The lowest BCUT2D eigenvalue weighted by atomic mass is 9.83. The van der Waals surface area contributed by atoms with Gasteiger partial charge in [0.1, 0.15) is 11.4 Å². The Kier molecular flexibility index (Phi) is 5.47. The molecule has 0 fully saturated rings. The molecule has 1 aromatic heterocycles. The lowest BCUT2D eigenvalue weighted by Gasteiger charge is -2.34. The number of hydrogen-bond acceptors (Lipinski definition) is 4. The Balaban J connectivity index is 1.52. The number of halogens is 1. The van der Waals surface area contributed by atoms with Gasteiger partial charge in [-0.25, -0.2) is 4.39 Å². The fraction of sp³-hybridized carbons (Fsp3) is 0.147. The second kappa shape index (κ2) is 8.99. The molecule has 6 nitrogen and oxygen atoms in total. The summed E-state index contributed by atoms with van der Waals surface area (Å²) in [5, 5.41) is -0.0178. The zero-order valence-electron chi connectivity index (χ0n) is 22.5. The van der Waals surface area contributed by atoms with Crippen LogP contribution in [0, 0.1) is 19.7 Å². The van der Waals surface area contributed by atoms with E-state index in [-0.39, 0.29) is 35.4 Å². The van der Waals surface area contributed by atoms with Gasteiger partial charge in [-0.1, -0.05) is 72.3 Å². The minimum absolute atomic E-state index is 0.0178. The number of para-hydroxylation sites is 1. The van der Waals surface area contributed by atoms with E-state index in [1.807, 2.05) is 74.5 Å². The highest BCUT2D eigenvalue weighted by atomic mass is 19.1. The largest absolute Gasteiger partial charge is 0.450 e. The van der Waals surface area contributed by atoms with Crippen LogP contribution in [-0.4, -0.2) is 16.7 Å². The summed E-state index contributed by atoms with van der Waals surface area (Å²) in [6, 6.07) is 26.3. The highest BCUT2D eigenvalue weighted by Gasteiger charge is 2.65. The second-order valence-corrected chi connectivity index (χ2v) is 10.7. The number of amides is 2. The van der Waals surface area contributed by atoms with Crippen molar-refractivity contribution in [1.29, 1.82) is 0 Å². The maximum Gasteiger partial charge on any atom is 0.291 e. The molecule has 1 unspecified atom stereocenters. The first-order valence-electron chi connectivity index (χ1n) is 13.4. The molecular formula is C34H25FN2O4. The number of rotatable bonds is 4. The average molecular weight is 545 g/mol. The summed E-state index contributed by atoms with van der Waals surface area (Å²) >= 11 is 0. The molecule has 3 heterocycles. The Morgan fingerprint density at radius 1 is 0.829 bits per heavy atom. The fourth-order valence-corrected chi connectivity index (χ4v) is 6.18. The number of anilines is 1. The van der Waals surface area contributed by atoms with Gasteiger partial charge in [-0.3, -0.25) is 14.4 Å². The summed E-state index contributed by atoms with van der Waals surface area (Å²) in [6.07, 6.45) is 0. The topological polar surface area (TPSA) is 70.8 Å². The van der Waals surface area contributed by atoms with Gasteiger partial charge < -0.3 is 14.2 Å². The van der Waals surface area contributed by atoms with Crippen molar-refractivity contribution >= 4 is 28.5 Å². The van der Waals surface area contributed by atoms with E-state index in [0.29, 0.717) is 11.3 Å². The van der Waals surface area contributed by atoms with Crippen LogP contribution < -0.4 is 10.3 Å². The zero-order chi connectivity index (χ0) is 28.5. The molecule has 2 aliphatic heterocycles. The van der Waals surface area contributed by atoms with Crippen LogP contribution in [0.25, 0.3) is 11.0 Å². The monoisotopic (exact) mass is 544 g/mol. The Bertz CT molecular complexity index is 1960. The van der Waals surface area contributed by atoms with E-state index in [9.17, 15) is 18.8 Å². The number of hydrogen-bond donors (Lipinski definition) is 0. The van der Waals surface area contributed by atoms with Gasteiger partial charge in [0.15, 0.2) is 11.0 Å². The summed E-state index contributed by atoms with van der Waals surface area (Å²) in [5.74, 6) is -1.80. The number of benzene rings is 4. The van der Waals surface area contributed by atoms with Crippen LogP contribution in [0.4, 0.5) is 10.1 Å². The van der Waals surface area contributed by atoms with E-state index in [1.54, 1.807) is 17.0 Å².